The second-order valence-electron chi connectivity index (χ2n) is 5.55. The van der Waals surface area contributed by atoms with Crippen LogP contribution in [0.15, 0.2) is 18.2 Å². The third-order valence-electron chi connectivity index (χ3n) is 3.63. The number of anilines is 1. The predicted octanol–water partition coefficient (Wildman–Crippen LogP) is 2.96. The number of carbonyl (C=O) groups is 1. The van der Waals surface area contributed by atoms with Crippen LogP contribution in [-0.2, 0) is 0 Å². The van der Waals surface area contributed by atoms with Crippen molar-refractivity contribution in [2.45, 2.75) is 33.6 Å². The van der Waals surface area contributed by atoms with E-state index in [-0.39, 0.29) is 5.91 Å². The van der Waals surface area contributed by atoms with Crippen molar-refractivity contribution in [2.75, 3.05) is 18.4 Å². The molecule has 0 spiro atoms. The van der Waals surface area contributed by atoms with Crippen LogP contribution in [0.2, 0.25) is 0 Å². The maximum absolute atomic E-state index is 12.1. The van der Waals surface area contributed by atoms with Crippen LogP contribution >= 0.6 is 0 Å². The zero-order valence-corrected chi connectivity index (χ0v) is 11.5. The van der Waals surface area contributed by atoms with E-state index in [1.165, 1.54) is 12.8 Å². The van der Waals surface area contributed by atoms with Gasteiger partial charge in [-0.25, -0.2) is 0 Å². The fraction of sp³-hybridized carbons (Fsp3) is 0.533. The minimum atomic E-state index is 0.0451. The summed E-state index contributed by atoms with van der Waals surface area (Å²) in [7, 11) is 0. The molecule has 1 aromatic rings. The Kier molecular flexibility index (Phi) is 3.60. The molecule has 0 saturated heterocycles. The van der Waals surface area contributed by atoms with E-state index in [9.17, 15) is 4.79 Å². The maximum atomic E-state index is 12.1. The van der Waals surface area contributed by atoms with Gasteiger partial charge in [0.25, 0.3) is 5.91 Å². The van der Waals surface area contributed by atoms with Gasteiger partial charge in [-0.05, 0) is 55.9 Å². The van der Waals surface area contributed by atoms with Crippen molar-refractivity contribution in [3.05, 3.63) is 29.3 Å². The molecule has 98 valence electrons. The van der Waals surface area contributed by atoms with E-state index in [0.29, 0.717) is 5.41 Å². The summed E-state index contributed by atoms with van der Waals surface area (Å²) in [5, 5.41) is 6.28. The van der Waals surface area contributed by atoms with Gasteiger partial charge in [0.15, 0.2) is 0 Å². The second-order valence-corrected chi connectivity index (χ2v) is 5.55. The monoisotopic (exact) mass is 246 g/mol. The average Bonchev–Trinajstić information content (AvgIpc) is 3.06. The average molecular weight is 246 g/mol. The Morgan fingerprint density at radius 3 is 2.67 bits per heavy atom. The molecule has 1 aliphatic rings. The van der Waals surface area contributed by atoms with Crippen molar-refractivity contribution in [3.63, 3.8) is 0 Å². The molecule has 0 bridgehead atoms. The Morgan fingerprint density at radius 2 is 2.11 bits per heavy atom. The Labute approximate surface area is 109 Å². The molecule has 1 fully saturated rings. The van der Waals surface area contributed by atoms with E-state index < -0.39 is 0 Å². The van der Waals surface area contributed by atoms with Gasteiger partial charge >= 0.3 is 0 Å². The highest BCUT2D eigenvalue weighted by molar-refractivity contribution is 5.96. The molecule has 1 saturated carbocycles. The summed E-state index contributed by atoms with van der Waals surface area (Å²) in [5.74, 6) is 0.0451. The van der Waals surface area contributed by atoms with Crippen LogP contribution in [0.3, 0.4) is 0 Å². The normalized spacial score (nSPS) is 16.2. The summed E-state index contributed by atoms with van der Waals surface area (Å²) in [5.41, 5.74) is 3.22. The van der Waals surface area contributed by atoms with Gasteiger partial charge in [-0.3, -0.25) is 4.79 Å². The highest BCUT2D eigenvalue weighted by Crippen LogP contribution is 2.44. The van der Waals surface area contributed by atoms with Crippen molar-refractivity contribution >= 4 is 11.6 Å². The molecule has 3 nitrogen and oxygen atoms in total. The first-order chi connectivity index (χ1) is 8.54. The van der Waals surface area contributed by atoms with E-state index in [0.717, 1.165) is 29.9 Å². The fourth-order valence-corrected chi connectivity index (χ4v) is 2.01. The molecule has 1 aliphatic carbocycles. The highest BCUT2D eigenvalue weighted by Gasteiger charge is 2.37. The van der Waals surface area contributed by atoms with Crippen molar-refractivity contribution in [1.29, 1.82) is 0 Å². The first kappa shape index (κ1) is 12.9. The molecular weight excluding hydrogens is 224 g/mol. The molecule has 1 amide bonds. The van der Waals surface area contributed by atoms with Crippen LogP contribution in [0.5, 0.6) is 0 Å². The van der Waals surface area contributed by atoms with E-state index in [2.05, 4.69) is 24.5 Å². The lowest BCUT2D eigenvalue weighted by Gasteiger charge is -2.12. The Balaban J connectivity index is 2.00. The molecule has 0 aromatic heterocycles. The van der Waals surface area contributed by atoms with Crippen molar-refractivity contribution in [3.8, 4) is 0 Å². The second kappa shape index (κ2) is 5.01. The summed E-state index contributed by atoms with van der Waals surface area (Å²) >= 11 is 0. The SMILES string of the molecule is CCNc1ccc(C(=O)NCC2(C)CC2)c(C)c1. The maximum Gasteiger partial charge on any atom is 0.251 e. The smallest absolute Gasteiger partial charge is 0.251 e. The van der Waals surface area contributed by atoms with E-state index >= 15 is 0 Å². The van der Waals surface area contributed by atoms with Crippen LogP contribution in [0.25, 0.3) is 0 Å². The summed E-state index contributed by atoms with van der Waals surface area (Å²) in [4.78, 5) is 12.1. The highest BCUT2D eigenvalue weighted by atomic mass is 16.1. The van der Waals surface area contributed by atoms with E-state index in [1.54, 1.807) is 0 Å². The third-order valence-corrected chi connectivity index (χ3v) is 3.63. The minimum Gasteiger partial charge on any atom is -0.385 e. The number of carbonyl (C=O) groups excluding carboxylic acids is 1. The van der Waals surface area contributed by atoms with Crippen molar-refractivity contribution in [2.24, 2.45) is 5.41 Å². The Bertz CT molecular complexity index is 450. The molecule has 0 heterocycles. The van der Waals surface area contributed by atoms with Crippen LogP contribution in [0.4, 0.5) is 5.69 Å². The van der Waals surface area contributed by atoms with Gasteiger partial charge in [-0.1, -0.05) is 6.92 Å². The molecule has 2 rings (SSSR count). The van der Waals surface area contributed by atoms with Crippen molar-refractivity contribution in [1.82, 2.24) is 5.32 Å². The Hall–Kier alpha value is -1.51. The van der Waals surface area contributed by atoms with Gasteiger partial charge in [0, 0.05) is 24.3 Å². The molecular formula is C15H22N2O. The first-order valence-corrected chi connectivity index (χ1v) is 6.67. The predicted molar refractivity (Wildman–Crippen MR) is 75.0 cm³/mol. The van der Waals surface area contributed by atoms with E-state index in [4.69, 9.17) is 0 Å². The van der Waals surface area contributed by atoms with Crippen LogP contribution < -0.4 is 10.6 Å². The van der Waals surface area contributed by atoms with Gasteiger partial charge in [0.2, 0.25) is 0 Å². The minimum absolute atomic E-state index is 0.0451. The molecule has 0 radical (unpaired) electrons. The molecule has 0 aliphatic heterocycles. The molecule has 2 N–H and O–H groups in total. The quantitative estimate of drug-likeness (QED) is 0.838. The summed E-state index contributed by atoms with van der Waals surface area (Å²) in [6, 6.07) is 5.89. The van der Waals surface area contributed by atoms with Gasteiger partial charge < -0.3 is 10.6 Å². The fourth-order valence-electron chi connectivity index (χ4n) is 2.01. The number of rotatable bonds is 5. The Morgan fingerprint density at radius 1 is 1.39 bits per heavy atom. The lowest BCUT2D eigenvalue weighted by Crippen LogP contribution is -2.29. The van der Waals surface area contributed by atoms with Crippen LogP contribution in [-0.4, -0.2) is 19.0 Å². The van der Waals surface area contributed by atoms with Gasteiger partial charge in [-0.2, -0.15) is 0 Å². The van der Waals surface area contributed by atoms with E-state index in [1.807, 2.05) is 25.1 Å². The first-order valence-electron chi connectivity index (χ1n) is 6.67. The number of hydrogen-bond acceptors (Lipinski definition) is 2. The largest absolute Gasteiger partial charge is 0.385 e. The number of amides is 1. The molecule has 1 aromatic carbocycles. The van der Waals surface area contributed by atoms with Gasteiger partial charge in [-0.15, -0.1) is 0 Å². The van der Waals surface area contributed by atoms with Gasteiger partial charge in [0.1, 0.15) is 0 Å². The lowest BCUT2D eigenvalue weighted by atomic mass is 10.1. The van der Waals surface area contributed by atoms with Crippen LogP contribution in [0, 0.1) is 12.3 Å². The van der Waals surface area contributed by atoms with Crippen molar-refractivity contribution < 1.29 is 4.79 Å². The standard InChI is InChI=1S/C15H22N2O/c1-4-16-12-5-6-13(11(2)9-12)14(18)17-10-15(3)7-8-15/h5-6,9,16H,4,7-8,10H2,1-3H3,(H,17,18). The summed E-state index contributed by atoms with van der Waals surface area (Å²) in [6.45, 7) is 7.94. The number of hydrogen-bond donors (Lipinski definition) is 2. The third kappa shape index (κ3) is 3.03. The number of aryl methyl sites for hydroxylation is 1. The number of benzene rings is 1. The molecule has 3 heteroatoms. The molecule has 0 atom stereocenters. The van der Waals surface area contributed by atoms with Gasteiger partial charge in [0.05, 0.1) is 0 Å². The van der Waals surface area contributed by atoms with Crippen LogP contribution in [0.1, 0.15) is 42.6 Å². The topological polar surface area (TPSA) is 41.1 Å². The number of nitrogens with one attached hydrogen (secondary N) is 2. The lowest BCUT2D eigenvalue weighted by molar-refractivity contribution is 0.0945. The zero-order chi connectivity index (χ0) is 13.2. The molecule has 0 unspecified atom stereocenters. The zero-order valence-electron chi connectivity index (χ0n) is 11.5. The summed E-state index contributed by atoms with van der Waals surface area (Å²) in [6.07, 6.45) is 2.46. The molecule has 18 heavy (non-hydrogen) atoms. The summed E-state index contributed by atoms with van der Waals surface area (Å²) < 4.78 is 0.